The summed E-state index contributed by atoms with van der Waals surface area (Å²) in [5.41, 5.74) is 2.57. The zero-order valence-corrected chi connectivity index (χ0v) is 14.4. The van der Waals surface area contributed by atoms with Gasteiger partial charge in [-0.1, -0.05) is 42.5 Å². The third-order valence-corrected chi connectivity index (χ3v) is 4.40. The fourth-order valence-electron chi connectivity index (χ4n) is 3.10. The number of para-hydroxylation sites is 1. The van der Waals surface area contributed by atoms with Gasteiger partial charge in [0.15, 0.2) is 0 Å². The van der Waals surface area contributed by atoms with Crippen molar-refractivity contribution in [2.75, 3.05) is 25.0 Å². The Bertz CT molecular complexity index is 698. The second kappa shape index (κ2) is 8.14. The number of hydrogen-bond acceptors (Lipinski definition) is 4. The van der Waals surface area contributed by atoms with E-state index in [1.54, 1.807) is 12.1 Å². The summed E-state index contributed by atoms with van der Waals surface area (Å²) in [6.45, 7) is 4.93. The molecule has 1 atom stereocenters. The summed E-state index contributed by atoms with van der Waals surface area (Å²) in [4.78, 5) is 14.6. The molecule has 2 aromatic carbocycles. The molecule has 0 saturated carbocycles. The molecule has 1 aliphatic heterocycles. The van der Waals surface area contributed by atoms with Gasteiger partial charge in [-0.05, 0) is 24.1 Å². The molecule has 2 N–H and O–H groups in total. The first-order valence-corrected chi connectivity index (χ1v) is 8.58. The smallest absolute Gasteiger partial charge is 0.227 e. The lowest BCUT2D eigenvalue weighted by Crippen LogP contribution is -2.43. The fourth-order valence-corrected chi connectivity index (χ4v) is 3.10. The Morgan fingerprint density at radius 1 is 1.24 bits per heavy atom. The van der Waals surface area contributed by atoms with Crippen molar-refractivity contribution in [1.29, 1.82) is 0 Å². The maximum absolute atomic E-state index is 12.3. The molecular formula is C20H24N2O3. The Hall–Kier alpha value is -2.37. The molecule has 0 bridgehead atoms. The number of anilines is 1. The van der Waals surface area contributed by atoms with Crippen molar-refractivity contribution in [1.82, 2.24) is 4.90 Å². The van der Waals surface area contributed by atoms with Gasteiger partial charge < -0.3 is 15.2 Å². The van der Waals surface area contributed by atoms with Gasteiger partial charge in [-0.25, -0.2) is 0 Å². The van der Waals surface area contributed by atoms with Gasteiger partial charge in [0.25, 0.3) is 0 Å². The van der Waals surface area contributed by atoms with E-state index in [0.29, 0.717) is 12.3 Å². The molecule has 5 heteroatoms. The Morgan fingerprint density at radius 2 is 2.04 bits per heavy atom. The van der Waals surface area contributed by atoms with E-state index < -0.39 is 0 Å². The molecule has 3 rings (SSSR count). The molecular weight excluding hydrogens is 316 g/mol. The van der Waals surface area contributed by atoms with Gasteiger partial charge in [-0.15, -0.1) is 0 Å². The van der Waals surface area contributed by atoms with Crippen LogP contribution in [-0.4, -0.2) is 41.7 Å². The number of rotatable bonds is 5. The fraction of sp³-hybridized carbons (Fsp3) is 0.350. The van der Waals surface area contributed by atoms with Crippen LogP contribution in [-0.2, 0) is 16.1 Å². The van der Waals surface area contributed by atoms with E-state index in [9.17, 15) is 9.90 Å². The van der Waals surface area contributed by atoms with Crippen molar-refractivity contribution in [2.24, 2.45) is 0 Å². The zero-order valence-electron chi connectivity index (χ0n) is 14.4. The van der Waals surface area contributed by atoms with Crippen LogP contribution in [0.15, 0.2) is 48.5 Å². The van der Waals surface area contributed by atoms with E-state index in [4.69, 9.17) is 4.74 Å². The van der Waals surface area contributed by atoms with Crippen LogP contribution in [0.5, 0.6) is 5.75 Å². The molecule has 1 amide bonds. The number of nitrogens with zero attached hydrogens (tertiary/aromatic N) is 1. The van der Waals surface area contributed by atoms with Crippen LogP contribution in [0, 0.1) is 6.92 Å². The number of carbonyl (C=O) groups excluding carboxylic acids is 1. The molecule has 132 valence electrons. The zero-order chi connectivity index (χ0) is 17.6. The summed E-state index contributed by atoms with van der Waals surface area (Å²) >= 11 is 0. The van der Waals surface area contributed by atoms with E-state index in [0.717, 1.165) is 25.2 Å². The van der Waals surface area contributed by atoms with Crippen molar-refractivity contribution >= 4 is 11.6 Å². The van der Waals surface area contributed by atoms with Crippen molar-refractivity contribution in [2.45, 2.75) is 26.0 Å². The summed E-state index contributed by atoms with van der Waals surface area (Å²) < 4.78 is 5.75. The summed E-state index contributed by atoms with van der Waals surface area (Å²) in [6, 6.07) is 15.5. The van der Waals surface area contributed by atoms with Crippen LogP contribution in [0.2, 0.25) is 0 Å². The second-order valence-corrected chi connectivity index (χ2v) is 6.43. The number of amides is 1. The van der Waals surface area contributed by atoms with E-state index in [1.807, 2.05) is 31.2 Å². The standard InChI is InChI=1S/C20H24N2O3/c1-15-6-5-9-18(23)20(15)21-19(24)12-17-14-22(10-11-25-17)13-16-7-3-2-4-8-16/h2-9,17,23H,10-14H2,1H3,(H,21,24)/t17-/m1/s1. The van der Waals surface area contributed by atoms with Gasteiger partial charge in [-0.2, -0.15) is 0 Å². The van der Waals surface area contributed by atoms with E-state index in [-0.39, 0.29) is 24.2 Å². The molecule has 2 aromatic rings. The normalized spacial score (nSPS) is 18.0. The van der Waals surface area contributed by atoms with Crippen molar-refractivity contribution < 1.29 is 14.6 Å². The van der Waals surface area contributed by atoms with Gasteiger partial charge in [-0.3, -0.25) is 9.69 Å². The summed E-state index contributed by atoms with van der Waals surface area (Å²) in [5, 5.41) is 12.7. The van der Waals surface area contributed by atoms with Crippen molar-refractivity contribution in [3.63, 3.8) is 0 Å². The highest BCUT2D eigenvalue weighted by molar-refractivity contribution is 5.93. The maximum Gasteiger partial charge on any atom is 0.227 e. The first-order valence-electron chi connectivity index (χ1n) is 8.58. The molecule has 1 fully saturated rings. The van der Waals surface area contributed by atoms with Gasteiger partial charge in [0, 0.05) is 19.6 Å². The van der Waals surface area contributed by atoms with Gasteiger partial charge in [0.1, 0.15) is 5.75 Å². The number of benzene rings is 2. The Kier molecular flexibility index (Phi) is 5.68. The number of phenols is 1. The van der Waals surface area contributed by atoms with E-state index in [2.05, 4.69) is 22.3 Å². The topological polar surface area (TPSA) is 61.8 Å². The number of hydrogen-bond donors (Lipinski definition) is 2. The molecule has 0 radical (unpaired) electrons. The third kappa shape index (κ3) is 4.81. The lowest BCUT2D eigenvalue weighted by Gasteiger charge is -2.32. The Morgan fingerprint density at radius 3 is 2.80 bits per heavy atom. The molecule has 0 aromatic heterocycles. The van der Waals surface area contributed by atoms with Gasteiger partial charge in [0.2, 0.25) is 5.91 Å². The number of aryl methyl sites for hydroxylation is 1. The number of phenolic OH excluding ortho intramolecular Hbond substituents is 1. The van der Waals surface area contributed by atoms with Crippen LogP contribution in [0.3, 0.4) is 0 Å². The van der Waals surface area contributed by atoms with Crippen molar-refractivity contribution in [3.05, 3.63) is 59.7 Å². The third-order valence-electron chi connectivity index (χ3n) is 4.40. The number of nitrogens with one attached hydrogen (secondary N) is 1. The quantitative estimate of drug-likeness (QED) is 0.822. The Labute approximate surface area is 148 Å². The average Bonchev–Trinajstić information content (AvgIpc) is 2.59. The van der Waals surface area contributed by atoms with Crippen LogP contribution >= 0.6 is 0 Å². The first-order chi connectivity index (χ1) is 12.1. The van der Waals surface area contributed by atoms with Crippen LogP contribution in [0.4, 0.5) is 5.69 Å². The number of aromatic hydroxyl groups is 1. The summed E-state index contributed by atoms with van der Waals surface area (Å²) in [7, 11) is 0. The Balaban J connectivity index is 1.54. The molecule has 1 aliphatic rings. The molecule has 25 heavy (non-hydrogen) atoms. The van der Waals surface area contributed by atoms with E-state index >= 15 is 0 Å². The van der Waals surface area contributed by atoms with Crippen molar-refractivity contribution in [3.8, 4) is 5.75 Å². The first kappa shape index (κ1) is 17.5. The number of carbonyl (C=O) groups is 1. The van der Waals surface area contributed by atoms with Crippen LogP contribution in [0.1, 0.15) is 17.5 Å². The molecule has 1 saturated heterocycles. The number of morpholine rings is 1. The molecule has 0 unspecified atom stereocenters. The van der Waals surface area contributed by atoms with Gasteiger partial charge >= 0.3 is 0 Å². The highest BCUT2D eigenvalue weighted by Gasteiger charge is 2.23. The molecule has 5 nitrogen and oxygen atoms in total. The minimum absolute atomic E-state index is 0.0867. The minimum Gasteiger partial charge on any atom is -0.506 e. The van der Waals surface area contributed by atoms with E-state index in [1.165, 1.54) is 5.56 Å². The second-order valence-electron chi connectivity index (χ2n) is 6.43. The largest absolute Gasteiger partial charge is 0.506 e. The monoisotopic (exact) mass is 340 g/mol. The summed E-state index contributed by atoms with van der Waals surface area (Å²) in [5.74, 6) is -0.0558. The summed E-state index contributed by atoms with van der Waals surface area (Å²) in [6.07, 6.45) is 0.141. The highest BCUT2D eigenvalue weighted by Crippen LogP contribution is 2.26. The molecule has 0 aliphatic carbocycles. The predicted molar refractivity (Wildman–Crippen MR) is 97.5 cm³/mol. The molecule has 0 spiro atoms. The van der Waals surface area contributed by atoms with Crippen LogP contribution < -0.4 is 5.32 Å². The highest BCUT2D eigenvalue weighted by atomic mass is 16.5. The molecule has 1 heterocycles. The maximum atomic E-state index is 12.3. The average molecular weight is 340 g/mol. The SMILES string of the molecule is Cc1cccc(O)c1NC(=O)C[C@@H]1CN(Cc2ccccc2)CCO1. The lowest BCUT2D eigenvalue weighted by molar-refractivity contribution is -0.121. The predicted octanol–water partition coefficient (Wildman–Crippen LogP) is 2.93. The minimum atomic E-state index is -0.142. The van der Waals surface area contributed by atoms with Gasteiger partial charge in [0.05, 0.1) is 24.8 Å². The number of ether oxygens (including phenoxy) is 1. The van der Waals surface area contributed by atoms with Crippen LogP contribution in [0.25, 0.3) is 0 Å². The lowest BCUT2D eigenvalue weighted by atomic mass is 10.1.